The molecular weight excluding hydrogens is 420 g/mol. The number of carbonyl (C=O) groups is 1. The van der Waals surface area contributed by atoms with Crippen molar-refractivity contribution in [3.63, 3.8) is 0 Å². The molecule has 0 aliphatic heterocycles. The standard InChI is InChI=1S/C26H21ClN4O/c1-16-23(29-26(32)18-12-14-19(27)15-13-18)25(31(2)30-16)22-20-10-6-7-11-21(20)28-24(22)17-8-4-3-5-9-17/h3-15,28H,1-2H3,(H,29,32). The second-order valence-electron chi connectivity index (χ2n) is 7.68. The second kappa shape index (κ2) is 8.02. The Morgan fingerprint density at radius 1 is 0.969 bits per heavy atom. The van der Waals surface area contributed by atoms with Crippen molar-refractivity contribution < 1.29 is 4.79 Å². The van der Waals surface area contributed by atoms with Crippen molar-refractivity contribution in [2.24, 2.45) is 7.05 Å². The van der Waals surface area contributed by atoms with Crippen molar-refractivity contribution in [3.8, 4) is 22.5 Å². The maximum atomic E-state index is 13.0. The van der Waals surface area contributed by atoms with Gasteiger partial charge in [0.25, 0.3) is 5.91 Å². The monoisotopic (exact) mass is 440 g/mol. The molecule has 0 radical (unpaired) electrons. The lowest BCUT2D eigenvalue weighted by molar-refractivity contribution is 0.102. The first-order chi connectivity index (χ1) is 15.5. The van der Waals surface area contributed by atoms with E-state index in [9.17, 15) is 4.79 Å². The number of aromatic amines is 1. The zero-order chi connectivity index (χ0) is 22.2. The molecule has 0 fully saturated rings. The van der Waals surface area contributed by atoms with Crippen LogP contribution in [0, 0.1) is 6.92 Å². The normalized spacial score (nSPS) is 11.1. The van der Waals surface area contributed by atoms with Gasteiger partial charge in [-0.1, -0.05) is 60.1 Å². The third-order valence-corrected chi connectivity index (χ3v) is 5.82. The van der Waals surface area contributed by atoms with E-state index in [0.717, 1.165) is 39.1 Å². The predicted molar refractivity (Wildman–Crippen MR) is 130 cm³/mol. The van der Waals surface area contributed by atoms with E-state index in [1.165, 1.54) is 0 Å². The van der Waals surface area contributed by atoms with Gasteiger partial charge in [0.2, 0.25) is 0 Å². The van der Waals surface area contributed by atoms with Gasteiger partial charge in [0, 0.05) is 34.1 Å². The van der Waals surface area contributed by atoms with Gasteiger partial charge in [-0.3, -0.25) is 9.48 Å². The first-order valence-corrected chi connectivity index (χ1v) is 10.7. The minimum absolute atomic E-state index is 0.208. The quantitative estimate of drug-likeness (QED) is 0.337. The average Bonchev–Trinajstić information content (AvgIpc) is 3.31. The van der Waals surface area contributed by atoms with Crippen LogP contribution >= 0.6 is 11.6 Å². The minimum Gasteiger partial charge on any atom is -0.354 e. The lowest BCUT2D eigenvalue weighted by Gasteiger charge is -2.11. The van der Waals surface area contributed by atoms with Crippen molar-refractivity contribution >= 4 is 34.1 Å². The van der Waals surface area contributed by atoms with Gasteiger partial charge < -0.3 is 10.3 Å². The van der Waals surface area contributed by atoms with Crippen LogP contribution in [-0.2, 0) is 7.05 Å². The fourth-order valence-electron chi connectivity index (χ4n) is 4.09. The summed E-state index contributed by atoms with van der Waals surface area (Å²) in [7, 11) is 1.90. The summed E-state index contributed by atoms with van der Waals surface area (Å²) in [6.45, 7) is 1.90. The highest BCUT2D eigenvalue weighted by Gasteiger charge is 2.24. The van der Waals surface area contributed by atoms with Gasteiger partial charge in [-0.15, -0.1) is 0 Å². The molecule has 5 aromatic rings. The number of anilines is 1. The molecular formula is C26H21ClN4O. The summed E-state index contributed by atoms with van der Waals surface area (Å²) in [4.78, 5) is 16.6. The number of hydrogen-bond donors (Lipinski definition) is 2. The van der Waals surface area contributed by atoms with Crippen LogP contribution in [0.15, 0.2) is 78.9 Å². The molecule has 2 aromatic heterocycles. The van der Waals surface area contributed by atoms with Crippen LogP contribution in [0.5, 0.6) is 0 Å². The number of benzene rings is 3. The highest BCUT2D eigenvalue weighted by atomic mass is 35.5. The van der Waals surface area contributed by atoms with Gasteiger partial charge in [0.1, 0.15) is 0 Å². The summed E-state index contributed by atoms with van der Waals surface area (Å²) in [6.07, 6.45) is 0. The van der Waals surface area contributed by atoms with Crippen molar-refractivity contribution in [1.29, 1.82) is 0 Å². The molecule has 0 aliphatic carbocycles. The molecule has 0 spiro atoms. The predicted octanol–water partition coefficient (Wildman–Crippen LogP) is 6.45. The van der Waals surface area contributed by atoms with E-state index >= 15 is 0 Å². The lowest BCUT2D eigenvalue weighted by Crippen LogP contribution is -2.13. The summed E-state index contributed by atoms with van der Waals surface area (Å²) in [6, 6.07) is 25.2. The molecule has 32 heavy (non-hydrogen) atoms. The summed E-state index contributed by atoms with van der Waals surface area (Å²) in [5, 5.41) is 9.38. The smallest absolute Gasteiger partial charge is 0.255 e. The SMILES string of the molecule is Cc1nn(C)c(-c2c(-c3ccccc3)[nH]c3ccccc23)c1NC(=O)c1ccc(Cl)cc1. The van der Waals surface area contributed by atoms with Crippen LogP contribution in [0.3, 0.4) is 0 Å². The average molecular weight is 441 g/mol. The highest BCUT2D eigenvalue weighted by molar-refractivity contribution is 6.30. The molecule has 158 valence electrons. The number of aromatic nitrogens is 3. The highest BCUT2D eigenvalue weighted by Crippen LogP contribution is 2.42. The van der Waals surface area contributed by atoms with Crippen LogP contribution < -0.4 is 5.32 Å². The molecule has 0 unspecified atom stereocenters. The third kappa shape index (κ3) is 3.47. The van der Waals surface area contributed by atoms with E-state index in [4.69, 9.17) is 11.6 Å². The Hall–Kier alpha value is -3.83. The number of rotatable bonds is 4. The van der Waals surface area contributed by atoms with E-state index in [1.54, 1.807) is 24.3 Å². The Balaban J connectivity index is 1.70. The largest absolute Gasteiger partial charge is 0.354 e. The van der Waals surface area contributed by atoms with Crippen molar-refractivity contribution in [1.82, 2.24) is 14.8 Å². The zero-order valence-electron chi connectivity index (χ0n) is 17.7. The van der Waals surface area contributed by atoms with Gasteiger partial charge in [-0.2, -0.15) is 5.10 Å². The number of carbonyl (C=O) groups excluding carboxylic acids is 1. The Bertz CT molecular complexity index is 1430. The van der Waals surface area contributed by atoms with Crippen molar-refractivity contribution in [3.05, 3.63) is 95.1 Å². The summed E-state index contributed by atoms with van der Waals surface area (Å²) in [5.74, 6) is -0.208. The summed E-state index contributed by atoms with van der Waals surface area (Å²) < 4.78 is 1.83. The Morgan fingerprint density at radius 2 is 1.66 bits per heavy atom. The van der Waals surface area contributed by atoms with Crippen LogP contribution in [0.4, 0.5) is 5.69 Å². The molecule has 0 saturated carbocycles. The van der Waals surface area contributed by atoms with Crippen LogP contribution in [0.25, 0.3) is 33.4 Å². The number of para-hydroxylation sites is 1. The van der Waals surface area contributed by atoms with Crippen LogP contribution in [-0.4, -0.2) is 20.7 Å². The molecule has 5 nitrogen and oxygen atoms in total. The topological polar surface area (TPSA) is 62.7 Å². The second-order valence-corrected chi connectivity index (χ2v) is 8.12. The number of halogens is 1. The molecule has 2 heterocycles. The van der Waals surface area contributed by atoms with Gasteiger partial charge in [-0.25, -0.2) is 0 Å². The van der Waals surface area contributed by atoms with Gasteiger partial charge >= 0.3 is 0 Å². The maximum Gasteiger partial charge on any atom is 0.255 e. The molecule has 2 N–H and O–H groups in total. The lowest BCUT2D eigenvalue weighted by atomic mass is 10.0. The van der Waals surface area contributed by atoms with E-state index < -0.39 is 0 Å². The first-order valence-electron chi connectivity index (χ1n) is 10.3. The van der Waals surface area contributed by atoms with E-state index in [0.29, 0.717) is 16.3 Å². The zero-order valence-corrected chi connectivity index (χ0v) is 18.4. The number of hydrogen-bond acceptors (Lipinski definition) is 2. The van der Waals surface area contributed by atoms with E-state index in [2.05, 4.69) is 39.7 Å². The fourth-order valence-corrected chi connectivity index (χ4v) is 4.22. The summed E-state index contributed by atoms with van der Waals surface area (Å²) in [5.41, 5.74) is 6.89. The molecule has 0 saturated heterocycles. The number of nitrogens with zero attached hydrogens (tertiary/aromatic N) is 2. The molecule has 0 bridgehead atoms. The molecule has 5 rings (SSSR count). The number of nitrogens with one attached hydrogen (secondary N) is 2. The first kappa shape index (κ1) is 20.1. The van der Waals surface area contributed by atoms with Crippen molar-refractivity contribution in [2.75, 3.05) is 5.32 Å². The summed E-state index contributed by atoms with van der Waals surface area (Å²) >= 11 is 5.98. The van der Waals surface area contributed by atoms with E-state index in [-0.39, 0.29) is 5.91 Å². The minimum atomic E-state index is -0.208. The number of amides is 1. The van der Waals surface area contributed by atoms with Gasteiger partial charge in [-0.05, 0) is 42.8 Å². The third-order valence-electron chi connectivity index (χ3n) is 5.57. The van der Waals surface area contributed by atoms with Crippen molar-refractivity contribution in [2.45, 2.75) is 6.92 Å². The molecule has 0 atom stereocenters. The number of aryl methyl sites for hydroxylation is 2. The molecule has 0 aliphatic rings. The maximum absolute atomic E-state index is 13.0. The Kier molecular flexibility index (Phi) is 5.04. The molecule has 1 amide bonds. The molecule has 3 aromatic carbocycles. The fraction of sp³-hybridized carbons (Fsp3) is 0.0769. The number of fused-ring (bicyclic) bond motifs is 1. The van der Waals surface area contributed by atoms with Gasteiger partial charge in [0.15, 0.2) is 0 Å². The van der Waals surface area contributed by atoms with Crippen LogP contribution in [0.1, 0.15) is 16.1 Å². The molecule has 6 heteroatoms. The Morgan fingerprint density at radius 3 is 2.41 bits per heavy atom. The van der Waals surface area contributed by atoms with Crippen LogP contribution in [0.2, 0.25) is 5.02 Å². The van der Waals surface area contributed by atoms with Gasteiger partial charge in [0.05, 0.1) is 22.8 Å². The van der Waals surface area contributed by atoms with E-state index in [1.807, 2.05) is 49.0 Å². The Labute approximate surface area is 190 Å². The number of H-pyrrole nitrogens is 1.